The normalized spacial score (nSPS) is 13.0. The summed E-state index contributed by atoms with van der Waals surface area (Å²) in [5.74, 6) is 0. The number of likely N-dealkylation sites (N-methyl/N-ethyl adjacent to an activating group) is 1. The summed E-state index contributed by atoms with van der Waals surface area (Å²) in [5.41, 5.74) is 0. The van der Waals surface area contributed by atoms with Crippen LogP contribution in [0.3, 0.4) is 0 Å². The molecule has 1 heterocycles. The third-order valence-electron chi connectivity index (χ3n) is 2.51. The molecule has 4 heteroatoms. The topological polar surface area (TPSA) is 15.3 Å². The fourth-order valence-corrected chi connectivity index (χ4v) is 2.54. The lowest BCUT2D eigenvalue weighted by Crippen LogP contribution is -2.37. The van der Waals surface area contributed by atoms with Gasteiger partial charge in [-0.25, -0.2) is 0 Å². The monoisotopic (exact) mass is 258 g/mol. The van der Waals surface area contributed by atoms with E-state index in [-0.39, 0.29) is 0 Å². The van der Waals surface area contributed by atoms with Crippen LogP contribution in [0.4, 0.5) is 0 Å². The maximum Gasteiger partial charge on any atom is 0.0931 e. The lowest BCUT2D eigenvalue weighted by atomic mass is 10.3. The molecule has 0 fully saturated rings. The molecule has 2 nitrogen and oxygen atoms in total. The molecule has 16 heavy (non-hydrogen) atoms. The lowest BCUT2D eigenvalue weighted by Gasteiger charge is -2.24. The van der Waals surface area contributed by atoms with Gasteiger partial charge in [-0.2, -0.15) is 0 Å². The Bertz CT molecular complexity index is 325. The van der Waals surface area contributed by atoms with E-state index in [1.165, 1.54) is 4.88 Å². The molecule has 1 aromatic heterocycles. The Morgan fingerprint density at radius 2 is 2.38 bits per heavy atom. The van der Waals surface area contributed by atoms with Crippen molar-refractivity contribution in [3.05, 3.63) is 34.0 Å². The second-order valence-corrected chi connectivity index (χ2v) is 5.72. The van der Waals surface area contributed by atoms with E-state index in [0.717, 1.165) is 24.0 Å². The molecule has 1 aromatic rings. The molecule has 1 atom stereocenters. The molecule has 1 N–H and O–H groups in total. The van der Waals surface area contributed by atoms with Gasteiger partial charge in [0.15, 0.2) is 0 Å². The number of nitrogens with one attached hydrogen (secondary N) is 1. The summed E-state index contributed by atoms with van der Waals surface area (Å²) < 4.78 is 0.862. The highest BCUT2D eigenvalue weighted by molar-refractivity contribution is 7.16. The van der Waals surface area contributed by atoms with Crippen molar-refractivity contribution in [3.63, 3.8) is 0 Å². The number of hydrogen-bond donors (Lipinski definition) is 1. The second kappa shape index (κ2) is 7.07. The molecular formula is C12H19ClN2S. The minimum atomic E-state index is 0.501. The van der Waals surface area contributed by atoms with Crippen LogP contribution in [0.5, 0.6) is 0 Å². The summed E-state index contributed by atoms with van der Waals surface area (Å²) in [7, 11) is 2.13. The van der Waals surface area contributed by atoms with Crippen LogP contribution in [0.1, 0.15) is 11.8 Å². The molecule has 0 aliphatic carbocycles. The molecule has 1 rings (SSSR count). The standard InChI is InChI=1S/C12H19ClN2S/c1-4-7-14-8-10(2)15(3)9-11-5-6-12(13)16-11/h4-6,10,14H,1,7-9H2,2-3H3. The highest BCUT2D eigenvalue weighted by atomic mass is 35.5. The molecule has 90 valence electrons. The Morgan fingerprint density at radius 3 is 2.94 bits per heavy atom. The maximum absolute atomic E-state index is 5.90. The SMILES string of the molecule is C=CCNCC(C)N(C)Cc1ccc(Cl)s1. The van der Waals surface area contributed by atoms with Gasteiger partial charge in [-0.15, -0.1) is 17.9 Å². The summed E-state index contributed by atoms with van der Waals surface area (Å²) in [6.45, 7) is 8.69. The Hall–Kier alpha value is -0.350. The summed E-state index contributed by atoms with van der Waals surface area (Å²) in [4.78, 5) is 3.63. The Balaban J connectivity index is 2.33. The minimum Gasteiger partial charge on any atom is -0.312 e. The maximum atomic E-state index is 5.90. The van der Waals surface area contributed by atoms with Gasteiger partial charge in [0, 0.05) is 30.6 Å². The third kappa shape index (κ3) is 4.66. The average molecular weight is 259 g/mol. The van der Waals surface area contributed by atoms with Crippen LogP contribution in [0.15, 0.2) is 24.8 Å². The van der Waals surface area contributed by atoms with Crippen molar-refractivity contribution in [3.8, 4) is 0 Å². The fourth-order valence-electron chi connectivity index (χ4n) is 1.39. The molecule has 0 aromatic carbocycles. The fraction of sp³-hybridized carbons (Fsp3) is 0.500. The largest absolute Gasteiger partial charge is 0.312 e. The predicted molar refractivity (Wildman–Crippen MR) is 73.3 cm³/mol. The van der Waals surface area contributed by atoms with Crippen LogP contribution < -0.4 is 5.32 Å². The van der Waals surface area contributed by atoms with Crippen molar-refractivity contribution in [2.75, 3.05) is 20.1 Å². The Kier molecular flexibility index (Phi) is 6.06. The van der Waals surface area contributed by atoms with Gasteiger partial charge in [-0.05, 0) is 26.1 Å². The van der Waals surface area contributed by atoms with Crippen LogP contribution in [0.25, 0.3) is 0 Å². The van der Waals surface area contributed by atoms with Gasteiger partial charge in [-0.3, -0.25) is 4.90 Å². The van der Waals surface area contributed by atoms with Crippen molar-refractivity contribution in [1.29, 1.82) is 0 Å². The first kappa shape index (κ1) is 13.7. The second-order valence-electron chi connectivity index (χ2n) is 3.92. The summed E-state index contributed by atoms with van der Waals surface area (Å²) in [6, 6.07) is 4.55. The minimum absolute atomic E-state index is 0.501. The van der Waals surface area contributed by atoms with E-state index in [1.807, 2.05) is 12.1 Å². The van der Waals surface area contributed by atoms with Crippen LogP contribution in [-0.2, 0) is 6.54 Å². The molecule has 0 amide bonds. The number of thiophene rings is 1. The van der Waals surface area contributed by atoms with E-state index in [4.69, 9.17) is 11.6 Å². The quantitative estimate of drug-likeness (QED) is 0.598. The lowest BCUT2D eigenvalue weighted by molar-refractivity contribution is 0.247. The van der Waals surface area contributed by atoms with Crippen molar-refractivity contribution < 1.29 is 0 Å². The van der Waals surface area contributed by atoms with Gasteiger partial charge in [0.05, 0.1) is 4.34 Å². The van der Waals surface area contributed by atoms with E-state index in [0.29, 0.717) is 6.04 Å². The smallest absolute Gasteiger partial charge is 0.0931 e. The van der Waals surface area contributed by atoms with Crippen LogP contribution in [0, 0.1) is 0 Å². The molecule has 0 bridgehead atoms. The first-order chi connectivity index (χ1) is 7.63. The summed E-state index contributed by atoms with van der Waals surface area (Å²) >= 11 is 7.55. The van der Waals surface area contributed by atoms with Gasteiger partial charge in [0.1, 0.15) is 0 Å². The molecule has 0 saturated heterocycles. The van der Waals surface area contributed by atoms with Gasteiger partial charge in [0.25, 0.3) is 0 Å². The third-order valence-corrected chi connectivity index (χ3v) is 3.73. The highest BCUT2D eigenvalue weighted by Gasteiger charge is 2.09. The van der Waals surface area contributed by atoms with E-state index >= 15 is 0 Å². The first-order valence-corrected chi connectivity index (χ1v) is 6.59. The zero-order valence-corrected chi connectivity index (χ0v) is 11.4. The van der Waals surface area contributed by atoms with Gasteiger partial charge in [0.2, 0.25) is 0 Å². The Labute approximate surface area is 107 Å². The van der Waals surface area contributed by atoms with Crippen LogP contribution in [-0.4, -0.2) is 31.1 Å². The van der Waals surface area contributed by atoms with Crippen molar-refractivity contribution in [1.82, 2.24) is 10.2 Å². The van der Waals surface area contributed by atoms with Gasteiger partial charge in [-0.1, -0.05) is 17.7 Å². The summed E-state index contributed by atoms with van der Waals surface area (Å²) in [6.07, 6.45) is 1.88. The zero-order chi connectivity index (χ0) is 12.0. The first-order valence-electron chi connectivity index (χ1n) is 5.39. The number of hydrogen-bond acceptors (Lipinski definition) is 3. The average Bonchev–Trinajstić information content (AvgIpc) is 2.64. The molecule has 1 unspecified atom stereocenters. The van der Waals surface area contributed by atoms with Gasteiger partial charge >= 0.3 is 0 Å². The summed E-state index contributed by atoms with van der Waals surface area (Å²) in [5, 5.41) is 3.32. The van der Waals surface area contributed by atoms with Crippen LogP contribution in [0.2, 0.25) is 4.34 Å². The van der Waals surface area contributed by atoms with E-state index < -0.39 is 0 Å². The van der Waals surface area contributed by atoms with Crippen molar-refractivity contribution in [2.24, 2.45) is 0 Å². The van der Waals surface area contributed by atoms with E-state index in [2.05, 4.69) is 36.8 Å². The van der Waals surface area contributed by atoms with Gasteiger partial charge < -0.3 is 5.32 Å². The number of rotatable bonds is 7. The Morgan fingerprint density at radius 1 is 1.62 bits per heavy atom. The van der Waals surface area contributed by atoms with Crippen LogP contribution >= 0.6 is 22.9 Å². The van der Waals surface area contributed by atoms with E-state index in [1.54, 1.807) is 11.3 Å². The van der Waals surface area contributed by atoms with Crippen molar-refractivity contribution in [2.45, 2.75) is 19.5 Å². The predicted octanol–water partition coefficient (Wildman–Crippen LogP) is 3.00. The molecule has 0 aliphatic rings. The number of halogens is 1. The molecule has 0 aliphatic heterocycles. The molecule has 0 spiro atoms. The zero-order valence-electron chi connectivity index (χ0n) is 9.87. The number of nitrogens with zero attached hydrogens (tertiary/aromatic N) is 1. The molecule has 0 saturated carbocycles. The molecule has 0 radical (unpaired) electrons. The van der Waals surface area contributed by atoms with E-state index in [9.17, 15) is 0 Å². The molecular weight excluding hydrogens is 240 g/mol. The van der Waals surface area contributed by atoms with Crippen molar-refractivity contribution >= 4 is 22.9 Å². The highest BCUT2D eigenvalue weighted by Crippen LogP contribution is 2.22.